The number of nitrogens with zero attached hydrogens (tertiary/aromatic N) is 3. The fourth-order valence-corrected chi connectivity index (χ4v) is 1.56. The van der Waals surface area contributed by atoms with E-state index in [9.17, 15) is 5.11 Å². The Morgan fingerprint density at radius 2 is 2.22 bits per heavy atom. The van der Waals surface area contributed by atoms with Gasteiger partial charge in [0.1, 0.15) is 5.52 Å². The summed E-state index contributed by atoms with van der Waals surface area (Å²) < 4.78 is 0. The van der Waals surface area contributed by atoms with E-state index in [2.05, 4.69) is 30.6 Å². The van der Waals surface area contributed by atoms with Crippen LogP contribution in [0.2, 0.25) is 0 Å². The van der Waals surface area contributed by atoms with Crippen LogP contribution in [0.25, 0.3) is 11.2 Å². The number of imidazole rings is 1. The second-order valence-electron chi connectivity index (χ2n) is 4.44. The van der Waals surface area contributed by atoms with Crippen molar-refractivity contribution in [2.24, 2.45) is 0 Å². The van der Waals surface area contributed by atoms with Gasteiger partial charge in [-0.05, 0) is 13.3 Å². The Labute approximate surface area is 105 Å². The summed E-state index contributed by atoms with van der Waals surface area (Å²) in [5, 5.41) is 15.6. The van der Waals surface area contributed by atoms with Crippen LogP contribution in [-0.2, 0) is 0 Å². The van der Waals surface area contributed by atoms with E-state index in [0.29, 0.717) is 17.4 Å². The van der Waals surface area contributed by atoms with E-state index in [4.69, 9.17) is 0 Å². The maximum Gasteiger partial charge on any atom is 0.226 e. The fraction of sp³-hybridized carbons (Fsp3) is 0.545. The molecule has 0 bridgehead atoms. The summed E-state index contributed by atoms with van der Waals surface area (Å²) in [6.45, 7) is 3.97. The number of hydrogen-bond acceptors (Lipinski definition) is 6. The molecule has 0 radical (unpaired) electrons. The molecule has 0 saturated heterocycles. The monoisotopic (exact) mass is 250 g/mol. The number of H-pyrrole nitrogens is 1. The second-order valence-corrected chi connectivity index (χ2v) is 4.44. The van der Waals surface area contributed by atoms with Gasteiger partial charge in [-0.25, -0.2) is 4.98 Å². The largest absolute Gasteiger partial charge is 0.394 e. The average Bonchev–Trinajstić information content (AvgIpc) is 2.86. The first-order chi connectivity index (χ1) is 8.61. The van der Waals surface area contributed by atoms with Gasteiger partial charge < -0.3 is 20.7 Å². The predicted molar refractivity (Wildman–Crippen MR) is 70.6 cm³/mol. The summed E-state index contributed by atoms with van der Waals surface area (Å²) in [5.41, 5.74) is 0.910. The molecule has 0 fully saturated rings. The highest BCUT2D eigenvalue weighted by Crippen LogP contribution is 2.23. The van der Waals surface area contributed by atoms with Crippen LogP contribution < -0.4 is 10.6 Å². The lowest BCUT2D eigenvalue weighted by Gasteiger charge is -2.28. The van der Waals surface area contributed by atoms with Crippen molar-refractivity contribution in [1.82, 2.24) is 19.9 Å². The smallest absolute Gasteiger partial charge is 0.226 e. The zero-order valence-electron chi connectivity index (χ0n) is 10.8. The Morgan fingerprint density at radius 1 is 1.44 bits per heavy atom. The van der Waals surface area contributed by atoms with Crippen molar-refractivity contribution in [3.05, 3.63) is 6.33 Å². The zero-order valence-corrected chi connectivity index (χ0v) is 10.8. The molecular formula is C11H18N6O. The lowest BCUT2D eigenvalue weighted by Crippen LogP contribution is -2.38. The molecule has 2 aromatic heterocycles. The number of aliphatic hydroxyl groups is 1. The average molecular weight is 250 g/mol. The Hall–Kier alpha value is -1.89. The number of aliphatic hydroxyl groups excluding tert-OH is 1. The zero-order chi connectivity index (χ0) is 13.2. The van der Waals surface area contributed by atoms with Crippen LogP contribution in [0.5, 0.6) is 0 Å². The van der Waals surface area contributed by atoms with Gasteiger partial charge in [-0.1, -0.05) is 6.92 Å². The molecule has 0 amide bonds. The predicted octanol–water partition coefficient (Wildman–Crippen LogP) is 0.967. The number of hydrogen-bond donors (Lipinski definition) is 4. The van der Waals surface area contributed by atoms with Gasteiger partial charge >= 0.3 is 0 Å². The van der Waals surface area contributed by atoms with Crippen molar-refractivity contribution in [2.75, 3.05) is 24.3 Å². The Balaban J connectivity index is 2.45. The molecule has 0 aromatic carbocycles. The van der Waals surface area contributed by atoms with Gasteiger partial charge in [-0.15, -0.1) is 0 Å². The highest BCUT2D eigenvalue weighted by Gasteiger charge is 2.23. The first-order valence-corrected chi connectivity index (χ1v) is 5.90. The fourth-order valence-electron chi connectivity index (χ4n) is 1.56. The minimum atomic E-state index is -0.419. The quantitative estimate of drug-likeness (QED) is 0.631. The van der Waals surface area contributed by atoms with E-state index in [1.165, 1.54) is 0 Å². The van der Waals surface area contributed by atoms with E-state index in [-0.39, 0.29) is 6.61 Å². The van der Waals surface area contributed by atoms with Crippen molar-refractivity contribution in [2.45, 2.75) is 25.8 Å². The highest BCUT2D eigenvalue weighted by molar-refractivity contribution is 5.84. The normalized spacial score (nSPS) is 14.4. The van der Waals surface area contributed by atoms with Crippen LogP contribution in [0.3, 0.4) is 0 Å². The summed E-state index contributed by atoms with van der Waals surface area (Å²) in [7, 11) is 1.75. The number of aromatic nitrogens is 4. The van der Waals surface area contributed by atoms with Gasteiger partial charge in [0.15, 0.2) is 11.5 Å². The minimum absolute atomic E-state index is 0.0258. The molecule has 0 aliphatic rings. The molecule has 7 heteroatoms. The molecule has 0 aliphatic carbocycles. The Kier molecular flexibility index (Phi) is 3.33. The number of rotatable bonds is 5. The summed E-state index contributed by atoms with van der Waals surface area (Å²) in [6.07, 6.45) is 2.35. The highest BCUT2D eigenvalue weighted by atomic mass is 16.3. The Morgan fingerprint density at radius 3 is 2.83 bits per heavy atom. The molecule has 0 spiro atoms. The standard InChI is InChI=1S/C11H18N6O/c1-4-11(2,5-18)17-9-7-8(14-6-13-7)15-10(12-3)16-9/h6,18H,4-5H2,1-3H3,(H3,12,13,14,15,16,17). The van der Waals surface area contributed by atoms with Crippen LogP contribution >= 0.6 is 0 Å². The van der Waals surface area contributed by atoms with Gasteiger partial charge in [-0.3, -0.25) is 0 Å². The van der Waals surface area contributed by atoms with Crippen LogP contribution in [-0.4, -0.2) is 44.2 Å². The molecule has 4 N–H and O–H groups in total. The van der Waals surface area contributed by atoms with E-state index in [0.717, 1.165) is 11.9 Å². The lowest BCUT2D eigenvalue weighted by molar-refractivity contribution is 0.218. The third-order valence-corrected chi connectivity index (χ3v) is 3.06. The first kappa shape index (κ1) is 12.6. The maximum absolute atomic E-state index is 9.45. The van der Waals surface area contributed by atoms with E-state index in [1.54, 1.807) is 13.4 Å². The molecule has 1 atom stereocenters. The molecule has 2 aromatic rings. The van der Waals surface area contributed by atoms with E-state index >= 15 is 0 Å². The van der Waals surface area contributed by atoms with Crippen LogP contribution in [0.4, 0.5) is 11.8 Å². The summed E-state index contributed by atoms with van der Waals surface area (Å²) in [4.78, 5) is 15.7. The van der Waals surface area contributed by atoms with Crippen LogP contribution in [0.1, 0.15) is 20.3 Å². The molecule has 18 heavy (non-hydrogen) atoms. The summed E-state index contributed by atoms with van der Waals surface area (Å²) >= 11 is 0. The molecule has 7 nitrogen and oxygen atoms in total. The topological polar surface area (TPSA) is 98.8 Å². The van der Waals surface area contributed by atoms with Crippen molar-refractivity contribution >= 4 is 22.9 Å². The Bertz CT molecular complexity index is 533. The third-order valence-electron chi connectivity index (χ3n) is 3.06. The van der Waals surface area contributed by atoms with Gasteiger partial charge in [0.25, 0.3) is 0 Å². The van der Waals surface area contributed by atoms with Crippen molar-refractivity contribution in [3.63, 3.8) is 0 Å². The van der Waals surface area contributed by atoms with Gasteiger partial charge in [0.05, 0.1) is 18.5 Å². The SMILES string of the molecule is CCC(C)(CO)Nc1nc(NC)nc2nc[nH]c12. The van der Waals surface area contributed by atoms with Gasteiger partial charge in [-0.2, -0.15) is 9.97 Å². The number of anilines is 2. The van der Waals surface area contributed by atoms with Crippen LogP contribution in [0, 0.1) is 0 Å². The molecule has 2 heterocycles. The summed E-state index contributed by atoms with van der Waals surface area (Å²) in [6, 6.07) is 0. The first-order valence-electron chi connectivity index (χ1n) is 5.90. The van der Waals surface area contributed by atoms with Crippen LogP contribution in [0.15, 0.2) is 6.33 Å². The molecular weight excluding hydrogens is 232 g/mol. The van der Waals surface area contributed by atoms with Crippen molar-refractivity contribution < 1.29 is 5.11 Å². The maximum atomic E-state index is 9.45. The molecule has 0 aliphatic heterocycles. The van der Waals surface area contributed by atoms with Crippen molar-refractivity contribution in [1.29, 1.82) is 0 Å². The lowest BCUT2D eigenvalue weighted by atomic mass is 10.0. The van der Waals surface area contributed by atoms with E-state index in [1.807, 2.05) is 13.8 Å². The number of fused-ring (bicyclic) bond motifs is 1. The molecule has 2 rings (SSSR count). The van der Waals surface area contributed by atoms with Crippen molar-refractivity contribution in [3.8, 4) is 0 Å². The number of aromatic amines is 1. The number of nitrogens with one attached hydrogen (secondary N) is 3. The molecule has 1 unspecified atom stereocenters. The van der Waals surface area contributed by atoms with Gasteiger partial charge in [0.2, 0.25) is 5.95 Å². The van der Waals surface area contributed by atoms with E-state index < -0.39 is 5.54 Å². The third kappa shape index (κ3) is 2.21. The molecule has 98 valence electrons. The van der Waals surface area contributed by atoms with Gasteiger partial charge in [0, 0.05) is 7.05 Å². The second kappa shape index (κ2) is 4.77. The molecule has 0 saturated carbocycles. The summed E-state index contributed by atoms with van der Waals surface area (Å²) in [5.74, 6) is 1.13. The minimum Gasteiger partial charge on any atom is -0.394 e.